The highest BCUT2D eigenvalue weighted by atomic mass is 16.3. The van der Waals surface area contributed by atoms with E-state index in [1.54, 1.807) is 13.8 Å². The zero-order valence-corrected chi connectivity index (χ0v) is 10.3. The van der Waals surface area contributed by atoms with E-state index < -0.39 is 5.60 Å². The molecule has 2 atom stereocenters. The lowest BCUT2D eigenvalue weighted by molar-refractivity contribution is 0.0789. The highest BCUT2D eigenvalue weighted by Crippen LogP contribution is 2.47. The Hall–Kier alpha value is -0.800. The predicted octanol–water partition coefficient (Wildman–Crippen LogP) is 2.26. The van der Waals surface area contributed by atoms with Gasteiger partial charge in [-0.2, -0.15) is 0 Å². The van der Waals surface area contributed by atoms with Gasteiger partial charge in [0.15, 0.2) is 0 Å². The van der Waals surface area contributed by atoms with Crippen LogP contribution < -0.4 is 5.32 Å². The zero-order chi connectivity index (χ0) is 11.8. The van der Waals surface area contributed by atoms with Crippen LogP contribution in [0.4, 0.5) is 0 Å². The van der Waals surface area contributed by atoms with Crippen molar-refractivity contribution in [3.8, 4) is 0 Å². The Kier molecular flexibility index (Phi) is 3.08. The first-order chi connectivity index (χ1) is 7.46. The topological polar surface area (TPSA) is 45.4 Å². The van der Waals surface area contributed by atoms with Gasteiger partial charge in [0.1, 0.15) is 11.5 Å². The third-order valence-corrected chi connectivity index (χ3v) is 3.01. The van der Waals surface area contributed by atoms with Gasteiger partial charge in [0.25, 0.3) is 0 Å². The normalized spacial score (nSPS) is 24.8. The van der Waals surface area contributed by atoms with E-state index >= 15 is 0 Å². The molecule has 0 spiro atoms. The first-order valence-corrected chi connectivity index (χ1v) is 5.97. The van der Waals surface area contributed by atoms with E-state index in [0.717, 1.165) is 17.4 Å². The van der Waals surface area contributed by atoms with E-state index in [9.17, 15) is 5.11 Å². The van der Waals surface area contributed by atoms with Crippen molar-refractivity contribution in [3.05, 3.63) is 23.7 Å². The molecule has 2 unspecified atom stereocenters. The number of rotatable bonds is 5. The average Bonchev–Trinajstić information content (AvgIpc) is 2.72. The second-order valence-corrected chi connectivity index (χ2v) is 5.54. The van der Waals surface area contributed by atoms with Crippen molar-refractivity contribution >= 4 is 0 Å². The smallest absolute Gasteiger partial charge is 0.117 e. The van der Waals surface area contributed by atoms with E-state index in [1.165, 1.54) is 6.42 Å². The molecule has 2 rings (SSSR count). The van der Waals surface area contributed by atoms with Gasteiger partial charge in [-0.3, -0.25) is 0 Å². The summed E-state index contributed by atoms with van der Waals surface area (Å²) in [6.07, 6.45) is 1.25. The summed E-state index contributed by atoms with van der Waals surface area (Å²) >= 11 is 0. The second-order valence-electron chi connectivity index (χ2n) is 5.54. The van der Waals surface area contributed by atoms with E-state index in [0.29, 0.717) is 19.0 Å². The van der Waals surface area contributed by atoms with Crippen molar-refractivity contribution in [1.29, 1.82) is 0 Å². The van der Waals surface area contributed by atoms with Crippen molar-refractivity contribution in [2.75, 3.05) is 6.54 Å². The maximum Gasteiger partial charge on any atom is 0.117 e. The third kappa shape index (κ3) is 3.09. The molecule has 3 heteroatoms. The number of hydrogen-bond acceptors (Lipinski definition) is 3. The maximum atomic E-state index is 9.54. The minimum atomic E-state index is -0.666. The quantitative estimate of drug-likeness (QED) is 0.805. The van der Waals surface area contributed by atoms with Crippen molar-refractivity contribution in [1.82, 2.24) is 5.32 Å². The van der Waals surface area contributed by atoms with Crippen LogP contribution in [0.25, 0.3) is 0 Å². The summed E-state index contributed by atoms with van der Waals surface area (Å²) < 4.78 is 5.75. The molecule has 0 aliphatic heterocycles. The molecule has 1 aliphatic carbocycles. The van der Waals surface area contributed by atoms with Crippen LogP contribution in [0.1, 0.15) is 44.6 Å². The molecule has 0 saturated heterocycles. The van der Waals surface area contributed by atoms with Crippen molar-refractivity contribution in [2.24, 2.45) is 5.92 Å². The maximum absolute atomic E-state index is 9.54. The molecule has 1 fully saturated rings. The van der Waals surface area contributed by atoms with Gasteiger partial charge >= 0.3 is 0 Å². The molecule has 0 radical (unpaired) electrons. The van der Waals surface area contributed by atoms with Crippen molar-refractivity contribution in [3.63, 3.8) is 0 Å². The van der Waals surface area contributed by atoms with Crippen LogP contribution in [0, 0.1) is 5.92 Å². The molecule has 0 amide bonds. The zero-order valence-electron chi connectivity index (χ0n) is 10.3. The van der Waals surface area contributed by atoms with Gasteiger partial charge in [0.2, 0.25) is 0 Å². The van der Waals surface area contributed by atoms with E-state index in [-0.39, 0.29) is 0 Å². The molecule has 1 aliphatic rings. The fourth-order valence-electron chi connectivity index (χ4n) is 1.90. The number of aliphatic hydroxyl groups is 1. The summed E-state index contributed by atoms with van der Waals surface area (Å²) in [5, 5.41) is 12.7. The van der Waals surface area contributed by atoms with E-state index in [4.69, 9.17) is 4.42 Å². The molecular formula is C13H21NO2. The summed E-state index contributed by atoms with van der Waals surface area (Å²) in [6, 6.07) is 4.10. The van der Waals surface area contributed by atoms with Crippen LogP contribution in [0.2, 0.25) is 0 Å². The minimum absolute atomic E-state index is 0.572. The van der Waals surface area contributed by atoms with Gasteiger partial charge < -0.3 is 14.8 Å². The van der Waals surface area contributed by atoms with Crippen LogP contribution in [0.3, 0.4) is 0 Å². The van der Waals surface area contributed by atoms with Crippen LogP contribution in [0.15, 0.2) is 16.5 Å². The van der Waals surface area contributed by atoms with E-state index in [2.05, 4.69) is 18.3 Å². The summed E-state index contributed by atoms with van der Waals surface area (Å²) in [7, 11) is 0. The minimum Gasteiger partial charge on any atom is -0.464 e. The highest BCUT2D eigenvalue weighted by molar-refractivity contribution is 5.17. The molecular weight excluding hydrogens is 202 g/mol. The van der Waals surface area contributed by atoms with Crippen LogP contribution in [-0.2, 0) is 6.54 Å². The molecule has 1 aromatic heterocycles. The molecule has 0 aromatic carbocycles. The molecule has 1 aromatic rings. The van der Waals surface area contributed by atoms with Gasteiger partial charge in [-0.25, -0.2) is 0 Å². The average molecular weight is 223 g/mol. The SMILES string of the molecule is CC1CC1c1ccc(CNCC(C)(C)O)o1. The van der Waals surface area contributed by atoms with Crippen LogP contribution in [0.5, 0.6) is 0 Å². The Labute approximate surface area is 96.8 Å². The fourth-order valence-corrected chi connectivity index (χ4v) is 1.90. The molecule has 0 bridgehead atoms. The summed E-state index contributed by atoms with van der Waals surface area (Å²) in [4.78, 5) is 0. The summed E-state index contributed by atoms with van der Waals surface area (Å²) in [6.45, 7) is 7.09. The Morgan fingerprint density at radius 3 is 2.75 bits per heavy atom. The molecule has 3 nitrogen and oxygen atoms in total. The summed E-state index contributed by atoms with van der Waals surface area (Å²) in [5.41, 5.74) is -0.666. The number of nitrogens with one attached hydrogen (secondary N) is 1. The van der Waals surface area contributed by atoms with E-state index in [1.807, 2.05) is 6.07 Å². The molecule has 1 heterocycles. The van der Waals surface area contributed by atoms with Crippen molar-refractivity contribution < 1.29 is 9.52 Å². The van der Waals surface area contributed by atoms with Crippen LogP contribution >= 0.6 is 0 Å². The van der Waals surface area contributed by atoms with Gasteiger partial charge in [-0.05, 0) is 38.3 Å². The molecule has 16 heavy (non-hydrogen) atoms. The van der Waals surface area contributed by atoms with Gasteiger partial charge in [-0.15, -0.1) is 0 Å². The predicted molar refractivity (Wildman–Crippen MR) is 63.2 cm³/mol. The first-order valence-electron chi connectivity index (χ1n) is 5.97. The van der Waals surface area contributed by atoms with Gasteiger partial charge in [-0.1, -0.05) is 6.92 Å². The Bertz CT molecular complexity index is 351. The third-order valence-electron chi connectivity index (χ3n) is 3.01. The van der Waals surface area contributed by atoms with Crippen LogP contribution in [-0.4, -0.2) is 17.3 Å². The van der Waals surface area contributed by atoms with Gasteiger partial charge in [0.05, 0.1) is 12.1 Å². The summed E-state index contributed by atoms with van der Waals surface area (Å²) in [5.74, 6) is 3.50. The van der Waals surface area contributed by atoms with Crippen molar-refractivity contribution in [2.45, 2.75) is 45.3 Å². The molecule has 1 saturated carbocycles. The second kappa shape index (κ2) is 4.22. The monoisotopic (exact) mass is 223 g/mol. The van der Waals surface area contributed by atoms with Gasteiger partial charge in [0, 0.05) is 12.5 Å². The standard InChI is InChI=1S/C13H21NO2/c1-9-6-11(9)12-5-4-10(16-12)7-14-8-13(2,3)15/h4-5,9,11,14-15H,6-8H2,1-3H3. The lowest BCUT2D eigenvalue weighted by Gasteiger charge is -2.16. The lowest BCUT2D eigenvalue weighted by Crippen LogP contribution is -2.34. The Balaban J connectivity index is 1.79. The number of furan rings is 1. The lowest BCUT2D eigenvalue weighted by atomic mass is 10.1. The highest BCUT2D eigenvalue weighted by Gasteiger charge is 2.36. The Morgan fingerprint density at radius 1 is 1.50 bits per heavy atom. The largest absolute Gasteiger partial charge is 0.464 e. The number of hydrogen-bond donors (Lipinski definition) is 2. The Morgan fingerprint density at radius 2 is 2.19 bits per heavy atom. The first kappa shape index (κ1) is 11.7. The fraction of sp³-hybridized carbons (Fsp3) is 0.692. The molecule has 90 valence electrons. The molecule has 2 N–H and O–H groups in total.